The average molecular weight is 582 g/mol. The highest BCUT2D eigenvalue weighted by molar-refractivity contribution is 5.98. The number of amides is 2. The molecule has 0 spiro atoms. The number of carboxylic acid groups (broad SMARTS) is 1. The van der Waals surface area contributed by atoms with Crippen molar-refractivity contribution in [1.29, 1.82) is 5.26 Å². The maximum absolute atomic E-state index is 13.7. The summed E-state index contributed by atoms with van der Waals surface area (Å²) >= 11 is 0. The predicted octanol–water partition coefficient (Wildman–Crippen LogP) is 3.79. The lowest BCUT2D eigenvalue weighted by Crippen LogP contribution is -2.51. The SMILES string of the molecule is COc1cc(C#N)c(OC2CCC(C)(C(=O)O)CC2)cc1C(=O)N[C@@H]1[C@H]2CC[C@H](C2)[C@@H]1C(=O)NCC1(CO)CCCC1. The fraction of sp³-hybridized carbons (Fsp3) is 0.688. The fourth-order valence-corrected chi connectivity index (χ4v) is 7.84. The zero-order chi connectivity index (χ0) is 30.1. The lowest BCUT2D eigenvalue weighted by Gasteiger charge is -2.34. The number of carbonyl (C=O) groups is 3. The molecule has 0 unspecified atom stereocenters. The van der Waals surface area contributed by atoms with Gasteiger partial charge in [-0.1, -0.05) is 12.8 Å². The van der Waals surface area contributed by atoms with Crippen LogP contribution in [0.5, 0.6) is 11.5 Å². The molecule has 228 valence electrons. The summed E-state index contributed by atoms with van der Waals surface area (Å²) in [5.74, 6) is -0.682. The molecular weight excluding hydrogens is 538 g/mol. The molecule has 4 saturated carbocycles. The molecule has 2 bridgehead atoms. The molecule has 4 aliphatic carbocycles. The Morgan fingerprint density at radius 2 is 1.74 bits per heavy atom. The summed E-state index contributed by atoms with van der Waals surface area (Å²) in [7, 11) is 1.44. The Kier molecular flexibility index (Phi) is 8.70. The molecular formula is C32H43N3O7. The molecule has 0 aliphatic heterocycles. The largest absolute Gasteiger partial charge is 0.496 e. The highest BCUT2D eigenvalue weighted by Crippen LogP contribution is 2.49. The number of hydrogen-bond donors (Lipinski definition) is 4. The van der Waals surface area contributed by atoms with E-state index in [9.17, 15) is 29.9 Å². The van der Waals surface area contributed by atoms with Crippen LogP contribution in [0.15, 0.2) is 12.1 Å². The molecule has 0 aromatic heterocycles. The van der Waals surface area contributed by atoms with Crippen LogP contribution in [0.25, 0.3) is 0 Å². The van der Waals surface area contributed by atoms with E-state index in [1.165, 1.54) is 19.2 Å². The third kappa shape index (κ3) is 5.81. The molecule has 2 amide bonds. The van der Waals surface area contributed by atoms with Gasteiger partial charge in [0, 0.05) is 24.1 Å². The first-order valence-electron chi connectivity index (χ1n) is 15.3. The third-order valence-electron chi connectivity index (χ3n) is 10.7. The van der Waals surface area contributed by atoms with Crippen molar-refractivity contribution in [3.8, 4) is 17.6 Å². The summed E-state index contributed by atoms with van der Waals surface area (Å²) in [5.41, 5.74) is -0.577. The highest BCUT2D eigenvalue weighted by atomic mass is 16.5. The minimum atomic E-state index is -0.818. The number of nitriles is 1. The molecule has 10 heteroatoms. The molecule has 0 heterocycles. The Morgan fingerprint density at radius 3 is 2.36 bits per heavy atom. The summed E-state index contributed by atoms with van der Waals surface area (Å²) in [6.07, 6.45) is 8.45. The molecule has 4 fully saturated rings. The first-order chi connectivity index (χ1) is 20.1. The van der Waals surface area contributed by atoms with Crippen molar-refractivity contribution in [3.05, 3.63) is 23.3 Å². The van der Waals surface area contributed by atoms with Crippen LogP contribution in [-0.2, 0) is 9.59 Å². The lowest BCUT2D eigenvalue weighted by molar-refractivity contribution is -0.150. The molecule has 0 radical (unpaired) electrons. The van der Waals surface area contributed by atoms with E-state index in [2.05, 4.69) is 16.7 Å². The highest BCUT2D eigenvalue weighted by Gasteiger charge is 2.52. The van der Waals surface area contributed by atoms with Crippen LogP contribution in [0.3, 0.4) is 0 Å². The average Bonchev–Trinajstić information content (AvgIpc) is 3.74. The van der Waals surface area contributed by atoms with Crippen molar-refractivity contribution in [2.45, 2.75) is 89.7 Å². The zero-order valence-electron chi connectivity index (χ0n) is 24.6. The second kappa shape index (κ2) is 12.1. The number of benzene rings is 1. The summed E-state index contributed by atoms with van der Waals surface area (Å²) in [6.45, 7) is 2.26. The van der Waals surface area contributed by atoms with Crippen LogP contribution in [0, 0.1) is 39.9 Å². The van der Waals surface area contributed by atoms with Crippen molar-refractivity contribution in [3.63, 3.8) is 0 Å². The monoisotopic (exact) mass is 581 g/mol. The minimum Gasteiger partial charge on any atom is -0.496 e. The van der Waals surface area contributed by atoms with E-state index in [0.29, 0.717) is 32.2 Å². The van der Waals surface area contributed by atoms with Gasteiger partial charge in [-0.25, -0.2) is 0 Å². The van der Waals surface area contributed by atoms with Gasteiger partial charge >= 0.3 is 5.97 Å². The van der Waals surface area contributed by atoms with E-state index in [1.54, 1.807) is 6.92 Å². The van der Waals surface area contributed by atoms with E-state index in [1.807, 2.05) is 0 Å². The molecule has 0 saturated heterocycles. The quantitative estimate of drug-likeness (QED) is 0.325. The number of aliphatic hydroxyl groups excluding tert-OH is 1. The van der Waals surface area contributed by atoms with Crippen LogP contribution in [-0.4, -0.2) is 60.4 Å². The standard InChI is InChI=1S/C32H43N3O7/c1-31(30(39)40)11-7-22(8-12-31)42-24-15-23(25(41-2)14-21(24)16-33)28(37)35-27-20-6-5-19(13-20)26(27)29(38)34-17-32(18-36)9-3-4-10-32/h14-15,19-20,22,26-27,36H,3-13,17-18H2,1-2H3,(H,34,38)(H,35,37)(H,39,40)/t19-,20+,22?,26+,27-,31?/m1/s1. The van der Waals surface area contributed by atoms with Gasteiger partial charge in [0.15, 0.2) is 0 Å². The fourth-order valence-electron chi connectivity index (χ4n) is 7.84. The summed E-state index contributed by atoms with van der Waals surface area (Å²) in [6, 6.07) is 4.83. The molecule has 5 rings (SSSR count). The molecule has 1 aromatic rings. The number of ether oxygens (including phenoxy) is 2. The predicted molar refractivity (Wildman–Crippen MR) is 153 cm³/mol. The van der Waals surface area contributed by atoms with E-state index < -0.39 is 11.4 Å². The smallest absolute Gasteiger partial charge is 0.309 e. The van der Waals surface area contributed by atoms with E-state index in [0.717, 1.165) is 44.9 Å². The van der Waals surface area contributed by atoms with Crippen molar-refractivity contribution in [1.82, 2.24) is 10.6 Å². The van der Waals surface area contributed by atoms with Gasteiger partial charge < -0.3 is 30.3 Å². The first-order valence-corrected chi connectivity index (χ1v) is 15.3. The number of nitrogens with zero attached hydrogens (tertiary/aromatic N) is 1. The van der Waals surface area contributed by atoms with Crippen LogP contribution in [0.4, 0.5) is 0 Å². The molecule has 4 aliphatic rings. The number of nitrogens with one attached hydrogen (secondary N) is 2. The van der Waals surface area contributed by atoms with Gasteiger partial charge in [0.05, 0.1) is 42.3 Å². The van der Waals surface area contributed by atoms with Crippen molar-refractivity contribution in [2.75, 3.05) is 20.3 Å². The van der Waals surface area contributed by atoms with Gasteiger partial charge in [-0.15, -0.1) is 0 Å². The maximum atomic E-state index is 13.7. The number of carbonyl (C=O) groups excluding carboxylic acids is 2. The maximum Gasteiger partial charge on any atom is 0.309 e. The number of fused-ring (bicyclic) bond motifs is 2. The van der Waals surface area contributed by atoms with Crippen molar-refractivity contribution >= 4 is 17.8 Å². The van der Waals surface area contributed by atoms with Gasteiger partial charge in [-0.2, -0.15) is 5.26 Å². The third-order valence-corrected chi connectivity index (χ3v) is 10.7. The molecule has 1 aromatic carbocycles. The van der Waals surface area contributed by atoms with Gasteiger partial charge in [-0.05, 0) is 82.6 Å². The van der Waals surface area contributed by atoms with Gasteiger partial charge in [-0.3, -0.25) is 14.4 Å². The number of aliphatic carboxylic acids is 1. The zero-order valence-corrected chi connectivity index (χ0v) is 24.6. The Bertz CT molecular complexity index is 1240. The van der Waals surface area contributed by atoms with Crippen LogP contribution >= 0.6 is 0 Å². The number of hydrogen-bond acceptors (Lipinski definition) is 7. The van der Waals surface area contributed by atoms with Gasteiger partial charge in [0.25, 0.3) is 5.91 Å². The van der Waals surface area contributed by atoms with E-state index >= 15 is 0 Å². The number of methoxy groups -OCH3 is 1. The van der Waals surface area contributed by atoms with Gasteiger partial charge in [0.2, 0.25) is 5.91 Å². The topological polar surface area (TPSA) is 158 Å². The van der Waals surface area contributed by atoms with Crippen LogP contribution in [0.1, 0.15) is 93.5 Å². The van der Waals surface area contributed by atoms with Crippen LogP contribution < -0.4 is 20.1 Å². The number of carboxylic acids is 1. The molecule has 42 heavy (non-hydrogen) atoms. The Balaban J connectivity index is 1.30. The normalized spacial score (nSPS) is 31.2. The molecule has 4 atom stereocenters. The first kappa shape index (κ1) is 30.1. The number of rotatable bonds is 10. The second-order valence-corrected chi connectivity index (χ2v) is 13.3. The Hall–Kier alpha value is -3.32. The Morgan fingerprint density at radius 1 is 1.05 bits per heavy atom. The molecule has 4 N–H and O–H groups in total. The van der Waals surface area contributed by atoms with Crippen molar-refractivity contribution in [2.24, 2.45) is 28.6 Å². The van der Waals surface area contributed by atoms with E-state index in [-0.39, 0.29) is 76.4 Å². The lowest BCUT2D eigenvalue weighted by atomic mass is 9.75. The minimum absolute atomic E-state index is 0.0614. The summed E-state index contributed by atoms with van der Waals surface area (Å²) in [5, 5.41) is 35.6. The number of aliphatic hydroxyl groups is 1. The second-order valence-electron chi connectivity index (χ2n) is 13.3. The summed E-state index contributed by atoms with van der Waals surface area (Å²) < 4.78 is 11.7. The Labute approximate surface area is 247 Å². The molecule has 10 nitrogen and oxygen atoms in total. The van der Waals surface area contributed by atoms with Crippen molar-refractivity contribution < 1.29 is 34.1 Å². The van der Waals surface area contributed by atoms with Gasteiger partial charge in [0.1, 0.15) is 17.6 Å². The van der Waals surface area contributed by atoms with E-state index in [4.69, 9.17) is 9.47 Å². The summed E-state index contributed by atoms with van der Waals surface area (Å²) in [4.78, 5) is 38.9. The van der Waals surface area contributed by atoms with Crippen LogP contribution in [0.2, 0.25) is 0 Å².